The first-order valence-electron chi connectivity index (χ1n) is 7.22. The molecule has 118 valence electrons. The number of aryl methyl sites for hydroxylation is 1. The first-order valence-corrected chi connectivity index (χ1v) is 7.60. The molecule has 0 radical (unpaired) electrons. The number of aromatic nitrogens is 1. The van der Waals surface area contributed by atoms with E-state index in [-0.39, 0.29) is 6.04 Å². The van der Waals surface area contributed by atoms with Gasteiger partial charge >= 0.3 is 6.09 Å². The van der Waals surface area contributed by atoms with Crippen molar-refractivity contribution in [1.82, 2.24) is 10.3 Å². The molecule has 2 aromatic rings. The summed E-state index contributed by atoms with van der Waals surface area (Å²) in [7, 11) is 0. The van der Waals surface area contributed by atoms with Gasteiger partial charge in [0.05, 0.1) is 11.6 Å². The molecule has 1 heterocycles. The number of alkyl carbamates (subject to hydrolysis) is 1. The van der Waals surface area contributed by atoms with Gasteiger partial charge in [-0.2, -0.15) is 0 Å². The van der Waals surface area contributed by atoms with E-state index in [1.165, 1.54) is 0 Å². The Kier molecular flexibility index (Phi) is 4.61. The summed E-state index contributed by atoms with van der Waals surface area (Å²) in [5.74, 6) is 0. The van der Waals surface area contributed by atoms with Crippen LogP contribution in [0.15, 0.2) is 24.3 Å². The summed E-state index contributed by atoms with van der Waals surface area (Å²) in [4.78, 5) is 16.3. The predicted molar refractivity (Wildman–Crippen MR) is 89.3 cm³/mol. The van der Waals surface area contributed by atoms with E-state index in [1.807, 2.05) is 58.9 Å². The standard InChI is InChI=1S/C17H21ClN2O2/c1-10-7-6-8-12-9-13(15(18)20-14(10)12)11(2)19-16(21)22-17(3,4)5/h6-9,11H,1-5H3,(H,19,21)/t11-/m0/s1. The maximum Gasteiger partial charge on any atom is 0.408 e. The highest BCUT2D eigenvalue weighted by molar-refractivity contribution is 6.30. The lowest BCUT2D eigenvalue weighted by Gasteiger charge is -2.22. The number of hydrogen-bond acceptors (Lipinski definition) is 3. The van der Waals surface area contributed by atoms with Gasteiger partial charge in [0.2, 0.25) is 0 Å². The lowest BCUT2D eigenvalue weighted by Crippen LogP contribution is -2.34. The smallest absolute Gasteiger partial charge is 0.408 e. The highest BCUT2D eigenvalue weighted by atomic mass is 35.5. The van der Waals surface area contributed by atoms with Gasteiger partial charge in [-0.1, -0.05) is 29.8 Å². The Morgan fingerprint density at radius 2 is 2.05 bits per heavy atom. The molecule has 4 nitrogen and oxygen atoms in total. The molecule has 1 atom stereocenters. The average molecular weight is 321 g/mol. The van der Waals surface area contributed by atoms with E-state index in [0.717, 1.165) is 22.0 Å². The van der Waals surface area contributed by atoms with Gasteiger partial charge in [0.25, 0.3) is 0 Å². The molecule has 0 bridgehead atoms. The second kappa shape index (κ2) is 6.13. The number of carbonyl (C=O) groups is 1. The van der Waals surface area contributed by atoms with Crippen molar-refractivity contribution in [2.75, 3.05) is 0 Å². The summed E-state index contributed by atoms with van der Waals surface area (Å²) in [5, 5.41) is 4.18. The molecule has 0 saturated heterocycles. The van der Waals surface area contributed by atoms with Gasteiger partial charge < -0.3 is 10.1 Å². The molecule has 0 aliphatic heterocycles. The number of para-hydroxylation sites is 1. The first kappa shape index (κ1) is 16.6. The van der Waals surface area contributed by atoms with Crippen LogP contribution in [0.3, 0.4) is 0 Å². The van der Waals surface area contributed by atoms with Crippen LogP contribution in [0.1, 0.15) is 44.9 Å². The molecule has 0 unspecified atom stereocenters. The SMILES string of the molecule is Cc1cccc2cc([C@H](C)NC(=O)OC(C)(C)C)c(Cl)nc12. The maximum atomic E-state index is 11.9. The zero-order chi connectivity index (χ0) is 16.5. The highest BCUT2D eigenvalue weighted by Gasteiger charge is 2.20. The summed E-state index contributed by atoms with van der Waals surface area (Å²) in [6.45, 7) is 9.32. The fourth-order valence-corrected chi connectivity index (χ4v) is 2.51. The van der Waals surface area contributed by atoms with Gasteiger partial charge in [-0.05, 0) is 46.2 Å². The van der Waals surface area contributed by atoms with Crippen molar-refractivity contribution in [3.05, 3.63) is 40.5 Å². The third-order valence-electron chi connectivity index (χ3n) is 3.23. The van der Waals surface area contributed by atoms with Crippen LogP contribution in [-0.4, -0.2) is 16.7 Å². The number of carbonyl (C=O) groups excluding carboxylic acids is 1. The molecule has 0 saturated carbocycles. The maximum absolute atomic E-state index is 11.9. The first-order chi connectivity index (χ1) is 10.2. The summed E-state index contributed by atoms with van der Waals surface area (Å²) in [6, 6.07) is 7.62. The molecule has 0 fully saturated rings. The Balaban J connectivity index is 2.26. The van der Waals surface area contributed by atoms with Crippen molar-refractivity contribution in [3.63, 3.8) is 0 Å². The summed E-state index contributed by atoms with van der Waals surface area (Å²) in [6.07, 6.45) is -0.472. The molecule has 0 spiro atoms. The lowest BCUT2D eigenvalue weighted by atomic mass is 10.1. The van der Waals surface area contributed by atoms with Gasteiger partial charge in [0, 0.05) is 10.9 Å². The minimum atomic E-state index is -0.535. The molecular weight excluding hydrogens is 300 g/mol. The summed E-state index contributed by atoms with van der Waals surface area (Å²) in [5.41, 5.74) is 2.18. The van der Waals surface area contributed by atoms with Crippen molar-refractivity contribution in [2.45, 2.75) is 46.3 Å². The normalized spacial score (nSPS) is 13.0. The van der Waals surface area contributed by atoms with Gasteiger partial charge in [0.1, 0.15) is 10.8 Å². The number of fused-ring (bicyclic) bond motifs is 1. The average Bonchev–Trinajstić information content (AvgIpc) is 2.36. The van der Waals surface area contributed by atoms with Crippen molar-refractivity contribution in [3.8, 4) is 0 Å². The van der Waals surface area contributed by atoms with E-state index in [0.29, 0.717) is 5.15 Å². The van der Waals surface area contributed by atoms with Gasteiger partial charge in [-0.3, -0.25) is 0 Å². The van der Waals surface area contributed by atoms with Crippen LogP contribution in [0.5, 0.6) is 0 Å². The summed E-state index contributed by atoms with van der Waals surface area (Å²) < 4.78 is 5.26. The molecule has 0 aliphatic rings. The number of nitrogens with zero attached hydrogens (tertiary/aromatic N) is 1. The third kappa shape index (κ3) is 3.89. The molecule has 1 aromatic heterocycles. The largest absolute Gasteiger partial charge is 0.444 e. The summed E-state index contributed by atoms with van der Waals surface area (Å²) >= 11 is 6.28. The Hall–Kier alpha value is -1.81. The topological polar surface area (TPSA) is 51.2 Å². The molecule has 2 rings (SSSR count). The molecule has 5 heteroatoms. The van der Waals surface area contributed by atoms with Crippen LogP contribution in [-0.2, 0) is 4.74 Å². The van der Waals surface area contributed by atoms with E-state index in [9.17, 15) is 4.79 Å². The van der Waals surface area contributed by atoms with Crippen LogP contribution in [0.2, 0.25) is 5.15 Å². The number of benzene rings is 1. The predicted octanol–water partition coefficient (Wildman–Crippen LogP) is 4.78. The Bertz CT molecular complexity index is 708. The third-order valence-corrected chi connectivity index (χ3v) is 3.53. The number of amides is 1. The van der Waals surface area contributed by atoms with Gasteiger partial charge in [0.15, 0.2) is 0 Å². The van der Waals surface area contributed by atoms with Crippen molar-refractivity contribution in [2.24, 2.45) is 0 Å². The highest BCUT2D eigenvalue weighted by Crippen LogP contribution is 2.27. The molecule has 22 heavy (non-hydrogen) atoms. The number of rotatable bonds is 2. The van der Waals surface area contributed by atoms with Crippen LogP contribution in [0.25, 0.3) is 10.9 Å². The molecular formula is C17H21ClN2O2. The second-order valence-electron chi connectivity index (χ2n) is 6.38. The zero-order valence-corrected chi connectivity index (χ0v) is 14.3. The Morgan fingerprint density at radius 3 is 2.68 bits per heavy atom. The Morgan fingerprint density at radius 1 is 1.36 bits per heavy atom. The minimum Gasteiger partial charge on any atom is -0.444 e. The molecule has 0 aliphatic carbocycles. The van der Waals surface area contributed by atoms with E-state index >= 15 is 0 Å². The van der Waals surface area contributed by atoms with Crippen molar-refractivity contribution < 1.29 is 9.53 Å². The fourth-order valence-electron chi connectivity index (χ4n) is 2.21. The second-order valence-corrected chi connectivity index (χ2v) is 6.74. The number of nitrogens with one attached hydrogen (secondary N) is 1. The number of hydrogen-bond donors (Lipinski definition) is 1. The van der Waals surface area contributed by atoms with Crippen LogP contribution in [0.4, 0.5) is 4.79 Å². The Labute approximate surface area is 135 Å². The zero-order valence-electron chi connectivity index (χ0n) is 13.5. The van der Waals surface area contributed by atoms with Crippen LogP contribution >= 0.6 is 11.6 Å². The van der Waals surface area contributed by atoms with Crippen molar-refractivity contribution in [1.29, 1.82) is 0 Å². The van der Waals surface area contributed by atoms with Crippen molar-refractivity contribution >= 4 is 28.6 Å². The number of ether oxygens (including phenoxy) is 1. The number of pyridine rings is 1. The van der Waals surface area contributed by atoms with Gasteiger partial charge in [-0.25, -0.2) is 9.78 Å². The van der Waals surface area contributed by atoms with E-state index in [1.54, 1.807) is 0 Å². The van der Waals surface area contributed by atoms with E-state index in [2.05, 4.69) is 10.3 Å². The van der Waals surface area contributed by atoms with Crippen LogP contribution in [0, 0.1) is 6.92 Å². The van der Waals surface area contributed by atoms with Crippen LogP contribution < -0.4 is 5.32 Å². The minimum absolute atomic E-state index is 0.292. The van der Waals surface area contributed by atoms with E-state index in [4.69, 9.17) is 16.3 Å². The van der Waals surface area contributed by atoms with Gasteiger partial charge in [-0.15, -0.1) is 0 Å². The molecule has 1 N–H and O–H groups in total. The van der Waals surface area contributed by atoms with E-state index < -0.39 is 11.7 Å². The quantitative estimate of drug-likeness (QED) is 0.810. The lowest BCUT2D eigenvalue weighted by molar-refractivity contribution is 0.0508. The fraction of sp³-hybridized carbons (Fsp3) is 0.412. The molecule has 1 aromatic carbocycles. The monoisotopic (exact) mass is 320 g/mol. The molecule has 1 amide bonds. The number of halogens is 1.